The average Bonchev–Trinajstić information content (AvgIpc) is 2.94. The van der Waals surface area contributed by atoms with Gasteiger partial charge in [0.15, 0.2) is 0 Å². The third-order valence-electron chi connectivity index (χ3n) is 3.32. The molecular formula is C14H22N2O2S. The van der Waals surface area contributed by atoms with Crippen LogP contribution >= 0.6 is 11.3 Å². The summed E-state index contributed by atoms with van der Waals surface area (Å²) in [5, 5.41) is 8.32. The molecule has 1 aliphatic rings. The van der Waals surface area contributed by atoms with Crippen molar-refractivity contribution in [2.24, 2.45) is 0 Å². The SMILES string of the molecule is C[C@H](NC(=O)CCOC1CCNCC1)c1cccs1. The summed E-state index contributed by atoms with van der Waals surface area (Å²) in [5.74, 6) is 0.0647. The first kappa shape index (κ1) is 14.5. The van der Waals surface area contributed by atoms with Crippen molar-refractivity contribution in [1.29, 1.82) is 0 Å². The average molecular weight is 282 g/mol. The summed E-state index contributed by atoms with van der Waals surface area (Å²) in [4.78, 5) is 13.0. The van der Waals surface area contributed by atoms with Gasteiger partial charge in [-0.2, -0.15) is 0 Å². The standard InChI is InChI=1S/C14H22N2O2S/c1-11(13-3-2-10-19-13)16-14(17)6-9-18-12-4-7-15-8-5-12/h2-3,10-12,15H,4-9H2,1H3,(H,16,17)/t11-/m0/s1. The fourth-order valence-electron chi connectivity index (χ4n) is 2.20. The lowest BCUT2D eigenvalue weighted by Crippen LogP contribution is -2.33. The van der Waals surface area contributed by atoms with Crippen LogP contribution in [-0.4, -0.2) is 31.7 Å². The molecule has 0 saturated carbocycles. The molecule has 0 aromatic carbocycles. The van der Waals surface area contributed by atoms with E-state index in [2.05, 4.69) is 10.6 Å². The number of thiophene rings is 1. The number of hydrogen-bond acceptors (Lipinski definition) is 4. The van der Waals surface area contributed by atoms with E-state index in [0.717, 1.165) is 25.9 Å². The second-order valence-electron chi connectivity index (χ2n) is 4.87. The van der Waals surface area contributed by atoms with Crippen LogP contribution in [0, 0.1) is 0 Å². The summed E-state index contributed by atoms with van der Waals surface area (Å²) >= 11 is 1.67. The Balaban J connectivity index is 1.61. The van der Waals surface area contributed by atoms with Gasteiger partial charge in [-0.3, -0.25) is 4.79 Å². The minimum absolute atomic E-state index is 0.0647. The largest absolute Gasteiger partial charge is 0.378 e. The second-order valence-corrected chi connectivity index (χ2v) is 5.85. The summed E-state index contributed by atoms with van der Waals surface area (Å²) in [6.45, 7) is 4.57. The maximum atomic E-state index is 11.8. The highest BCUT2D eigenvalue weighted by atomic mass is 32.1. The number of rotatable bonds is 6. The molecule has 0 radical (unpaired) electrons. The lowest BCUT2D eigenvalue weighted by Gasteiger charge is -2.23. The minimum atomic E-state index is 0.0647. The first-order chi connectivity index (χ1) is 9.25. The van der Waals surface area contributed by atoms with Crippen LogP contribution in [0.4, 0.5) is 0 Å². The summed E-state index contributed by atoms with van der Waals surface area (Å²) in [7, 11) is 0. The van der Waals surface area contributed by atoms with Crippen molar-refractivity contribution in [2.45, 2.75) is 38.3 Å². The second kappa shape index (κ2) is 7.62. The fourth-order valence-corrected chi connectivity index (χ4v) is 2.94. The predicted molar refractivity (Wildman–Crippen MR) is 77.3 cm³/mol. The molecule has 1 amide bonds. The maximum absolute atomic E-state index is 11.8. The maximum Gasteiger partial charge on any atom is 0.222 e. The van der Waals surface area contributed by atoms with E-state index in [9.17, 15) is 4.79 Å². The predicted octanol–water partition coefficient (Wildman–Crippen LogP) is 2.08. The Hall–Kier alpha value is -0.910. The highest BCUT2D eigenvalue weighted by molar-refractivity contribution is 7.10. The third-order valence-corrected chi connectivity index (χ3v) is 4.37. The van der Waals surface area contributed by atoms with Crippen LogP contribution < -0.4 is 10.6 Å². The number of piperidine rings is 1. The Kier molecular flexibility index (Phi) is 5.82. The molecule has 1 atom stereocenters. The summed E-state index contributed by atoms with van der Waals surface area (Å²) in [5.41, 5.74) is 0. The molecule has 0 bridgehead atoms. The molecular weight excluding hydrogens is 260 g/mol. The van der Waals surface area contributed by atoms with Crippen LogP contribution in [0.2, 0.25) is 0 Å². The first-order valence-corrected chi connectivity index (χ1v) is 7.79. The number of amides is 1. The zero-order chi connectivity index (χ0) is 13.5. The Morgan fingerprint density at radius 3 is 3.05 bits per heavy atom. The molecule has 1 saturated heterocycles. The molecule has 0 aliphatic carbocycles. The molecule has 4 nitrogen and oxygen atoms in total. The van der Waals surface area contributed by atoms with Crippen molar-refractivity contribution in [2.75, 3.05) is 19.7 Å². The van der Waals surface area contributed by atoms with Gasteiger partial charge in [-0.25, -0.2) is 0 Å². The Morgan fingerprint density at radius 2 is 2.37 bits per heavy atom. The van der Waals surface area contributed by atoms with Crippen molar-refractivity contribution in [3.63, 3.8) is 0 Å². The molecule has 106 valence electrons. The number of carbonyl (C=O) groups excluding carboxylic acids is 1. The lowest BCUT2D eigenvalue weighted by atomic mass is 10.1. The van der Waals surface area contributed by atoms with Gasteiger partial charge in [0.1, 0.15) is 0 Å². The lowest BCUT2D eigenvalue weighted by molar-refractivity contribution is -0.123. The van der Waals surface area contributed by atoms with Crippen LogP contribution in [-0.2, 0) is 9.53 Å². The van der Waals surface area contributed by atoms with E-state index in [0.29, 0.717) is 19.1 Å². The molecule has 2 heterocycles. The Morgan fingerprint density at radius 1 is 1.58 bits per heavy atom. The first-order valence-electron chi connectivity index (χ1n) is 6.91. The van der Waals surface area contributed by atoms with Crippen LogP contribution in [0.3, 0.4) is 0 Å². The van der Waals surface area contributed by atoms with Crippen molar-refractivity contribution in [3.8, 4) is 0 Å². The van der Waals surface area contributed by atoms with Crippen LogP contribution in [0.1, 0.15) is 37.1 Å². The Bertz CT molecular complexity index is 375. The number of nitrogens with one attached hydrogen (secondary N) is 2. The number of hydrogen-bond donors (Lipinski definition) is 2. The van der Waals surface area contributed by atoms with E-state index in [-0.39, 0.29) is 11.9 Å². The summed E-state index contributed by atoms with van der Waals surface area (Å²) in [6, 6.07) is 4.13. The summed E-state index contributed by atoms with van der Waals surface area (Å²) < 4.78 is 5.73. The highest BCUT2D eigenvalue weighted by Gasteiger charge is 2.14. The Labute approximate surface area is 118 Å². The molecule has 19 heavy (non-hydrogen) atoms. The molecule has 1 fully saturated rings. The van der Waals surface area contributed by atoms with E-state index >= 15 is 0 Å². The molecule has 0 unspecified atom stereocenters. The zero-order valence-electron chi connectivity index (χ0n) is 11.4. The fraction of sp³-hybridized carbons (Fsp3) is 0.643. The molecule has 2 N–H and O–H groups in total. The van der Waals surface area contributed by atoms with Crippen molar-refractivity contribution in [3.05, 3.63) is 22.4 Å². The number of ether oxygens (including phenoxy) is 1. The molecule has 1 aromatic rings. The molecule has 5 heteroatoms. The number of carbonyl (C=O) groups is 1. The van der Waals surface area contributed by atoms with Gasteiger partial charge in [-0.1, -0.05) is 6.07 Å². The van der Waals surface area contributed by atoms with Gasteiger partial charge in [0.2, 0.25) is 5.91 Å². The quantitative estimate of drug-likeness (QED) is 0.840. The normalized spacial score (nSPS) is 18.2. The van der Waals surface area contributed by atoms with Gasteiger partial charge in [0.25, 0.3) is 0 Å². The van der Waals surface area contributed by atoms with Crippen molar-refractivity contribution in [1.82, 2.24) is 10.6 Å². The van der Waals surface area contributed by atoms with E-state index in [1.807, 2.05) is 24.4 Å². The zero-order valence-corrected chi connectivity index (χ0v) is 12.2. The highest BCUT2D eigenvalue weighted by Crippen LogP contribution is 2.18. The van der Waals surface area contributed by atoms with Gasteiger partial charge in [0.05, 0.1) is 18.8 Å². The van der Waals surface area contributed by atoms with Gasteiger partial charge < -0.3 is 15.4 Å². The summed E-state index contributed by atoms with van der Waals surface area (Å²) in [6.07, 6.45) is 2.86. The van der Waals surface area contributed by atoms with Crippen molar-refractivity contribution >= 4 is 17.2 Å². The topological polar surface area (TPSA) is 50.4 Å². The van der Waals surface area contributed by atoms with Crippen LogP contribution in [0.5, 0.6) is 0 Å². The van der Waals surface area contributed by atoms with Gasteiger partial charge in [-0.15, -0.1) is 11.3 Å². The molecule has 2 rings (SSSR count). The third kappa shape index (κ3) is 4.93. The van der Waals surface area contributed by atoms with Crippen molar-refractivity contribution < 1.29 is 9.53 Å². The van der Waals surface area contributed by atoms with E-state index in [4.69, 9.17) is 4.74 Å². The van der Waals surface area contributed by atoms with Gasteiger partial charge in [-0.05, 0) is 44.3 Å². The smallest absolute Gasteiger partial charge is 0.222 e. The minimum Gasteiger partial charge on any atom is -0.378 e. The van der Waals surface area contributed by atoms with Crippen LogP contribution in [0.15, 0.2) is 17.5 Å². The van der Waals surface area contributed by atoms with E-state index in [1.165, 1.54) is 4.88 Å². The van der Waals surface area contributed by atoms with Crippen LogP contribution in [0.25, 0.3) is 0 Å². The monoisotopic (exact) mass is 282 g/mol. The van der Waals surface area contributed by atoms with E-state index < -0.39 is 0 Å². The molecule has 1 aliphatic heterocycles. The van der Waals surface area contributed by atoms with E-state index in [1.54, 1.807) is 11.3 Å². The molecule has 0 spiro atoms. The molecule has 1 aromatic heterocycles. The van der Waals surface area contributed by atoms with Gasteiger partial charge >= 0.3 is 0 Å². The van der Waals surface area contributed by atoms with Gasteiger partial charge in [0, 0.05) is 11.3 Å².